The van der Waals surface area contributed by atoms with Crippen molar-refractivity contribution in [1.82, 2.24) is 5.16 Å². The molecular formula is C15H20N2O4. The van der Waals surface area contributed by atoms with Crippen LogP contribution in [0.1, 0.15) is 47.3 Å². The van der Waals surface area contributed by atoms with Gasteiger partial charge in [-0.25, -0.2) is 4.90 Å². The minimum atomic E-state index is -0.757. The number of amides is 1. The lowest BCUT2D eigenvalue weighted by Gasteiger charge is -2.23. The molecule has 0 saturated heterocycles. The first-order valence-electron chi connectivity index (χ1n) is 6.78. The van der Waals surface area contributed by atoms with Gasteiger partial charge < -0.3 is 9.26 Å². The molecule has 1 atom stereocenters. The Hall–Kier alpha value is -2.11. The van der Waals surface area contributed by atoms with Gasteiger partial charge in [0.25, 0.3) is 5.91 Å². The van der Waals surface area contributed by atoms with Gasteiger partial charge in [0.15, 0.2) is 5.82 Å². The van der Waals surface area contributed by atoms with E-state index in [-0.39, 0.29) is 11.3 Å². The number of ether oxygens (including phenoxy) is 1. The standard InChI is InChI=1S/C15H20N2O4/c1-8-9(2)14(20-10(3)18)17(13(8)19)12-7-11(21-16-12)15(4,5)6/h7,14H,1-6H3. The molecule has 1 aliphatic heterocycles. The molecule has 0 saturated carbocycles. The minimum Gasteiger partial charge on any atom is -0.437 e. The molecule has 21 heavy (non-hydrogen) atoms. The van der Waals surface area contributed by atoms with Crippen molar-refractivity contribution in [3.63, 3.8) is 0 Å². The van der Waals surface area contributed by atoms with Crippen molar-refractivity contribution in [3.8, 4) is 0 Å². The quantitative estimate of drug-likeness (QED) is 0.783. The second-order valence-corrected chi connectivity index (χ2v) is 6.24. The summed E-state index contributed by atoms with van der Waals surface area (Å²) in [7, 11) is 0. The van der Waals surface area contributed by atoms with Gasteiger partial charge in [0.2, 0.25) is 6.23 Å². The summed E-state index contributed by atoms with van der Waals surface area (Å²) in [5.74, 6) is 0.334. The zero-order chi connectivity index (χ0) is 15.9. The highest BCUT2D eigenvalue weighted by molar-refractivity contribution is 6.09. The van der Waals surface area contributed by atoms with E-state index in [0.29, 0.717) is 22.7 Å². The zero-order valence-corrected chi connectivity index (χ0v) is 13.2. The zero-order valence-electron chi connectivity index (χ0n) is 13.2. The third-order valence-electron chi connectivity index (χ3n) is 3.50. The van der Waals surface area contributed by atoms with Gasteiger partial charge >= 0.3 is 5.97 Å². The van der Waals surface area contributed by atoms with Crippen molar-refractivity contribution in [2.75, 3.05) is 4.90 Å². The Bertz CT molecular complexity index is 622. The van der Waals surface area contributed by atoms with E-state index < -0.39 is 12.2 Å². The molecule has 0 bridgehead atoms. The monoisotopic (exact) mass is 292 g/mol. The molecule has 0 N–H and O–H groups in total. The number of carbonyl (C=O) groups is 2. The summed E-state index contributed by atoms with van der Waals surface area (Å²) < 4.78 is 10.6. The first-order chi connectivity index (χ1) is 9.62. The number of hydrogen-bond donors (Lipinski definition) is 0. The van der Waals surface area contributed by atoms with Crippen LogP contribution in [0, 0.1) is 0 Å². The van der Waals surface area contributed by atoms with Crippen molar-refractivity contribution in [2.24, 2.45) is 0 Å². The molecular weight excluding hydrogens is 272 g/mol. The molecule has 2 rings (SSSR count). The highest BCUT2D eigenvalue weighted by atomic mass is 16.6. The van der Waals surface area contributed by atoms with Crippen LogP contribution in [0.25, 0.3) is 0 Å². The smallest absolute Gasteiger partial charge is 0.304 e. The summed E-state index contributed by atoms with van der Waals surface area (Å²) in [6, 6.07) is 1.71. The van der Waals surface area contributed by atoms with Crippen LogP contribution in [0.2, 0.25) is 0 Å². The lowest BCUT2D eigenvalue weighted by atomic mass is 9.93. The van der Waals surface area contributed by atoms with Crippen LogP contribution in [-0.2, 0) is 19.7 Å². The molecule has 1 aliphatic rings. The molecule has 1 aromatic heterocycles. The molecule has 0 aliphatic carbocycles. The molecule has 1 amide bonds. The Morgan fingerprint density at radius 2 is 2.00 bits per heavy atom. The van der Waals surface area contributed by atoms with Crippen molar-refractivity contribution in [1.29, 1.82) is 0 Å². The average Bonchev–Trinajstić information content (AvgIpc) is 2.90. The first kappa shape index (κ1) is 15.3. The molecule has 0 aromatic carbocycles. The number of hydrogen-bond acceptors (Lipinski definition) is 5. The summed E-state index contributed by atoms with van der Waals surface area (Å²) in [5, 5.41) is 3.95. The summed E-state index contributed by atoms with van der Waals surface area (Å²) in [6.07, 6.45) is -0.757. The normalized spacial score (nSPS) is 19.4. The average molecular weight is 292 g/mol. The fraction of sp³-hybridized carbons (Fsp3) is 0.533. The summed E-state index contributed by atoms with van der Waals surface area (Å²) in [6.45, 7) is 10.8. The Morgan fingerprint density at radius 3 is 2.48 bits per heavy atom. The molecule has 6 nitrogen and oxygen atoms in total. The molecule has 114 valence electrons. The van der Waals surface area contributed by atoms with Gasteiger partial charge in [-0.2, -0.15) is 0 Å². The second-order valence-electron chi connectivity index (χ2n) is 6.24. The summed E-state index contributed by atoms with van der Waals surface area (Å²) in [4.78, 5) is 25.0. The summed E-state index contributed by atoms with van der Waals surface area (Å²) in [5.41, 5.74) is 1.04. The van der Waals surface area contributed by atoms with E-state index >= 15 is 0 Å². The van der Waals surface area contributed by atoms with Crippen LogP contribution in [0.5, 0.6) is 0 Å². The molecule has 1 unspecified atom stereocenters. The predicted octanol–water partition coefficient (Wildman–Crippen LogP) is 2.54. The van der Waals surface area contributed by atoms with Gasteiger partial charge in [-0.05, 0) is 19.4 Å². The number of carbonyl (C=O) groups excluding carboxylic acids is 2. The maximum atomic E-state index is 12.4. The van der Waals surface area contributed by atoms with Crippen molar-refractivity contribution in [2.45, 2.75) is 53.2 Å². The van der Waals surface area contributed by atoms with Gasteiger partial charge in [0.1, 0.15) is 5.76 Å². The molecule has 1 aromatic rings. The number of aromatic nitrogens is 1. The Labute approximate surface area is 123 Å². The van der Waals surface area contributed by atoms with E-state index in [9.17, 15) is 9.59 Å². The summed E-state index contributed by atoms with van der Waals surface area (Å²) >= 11 is 0. The molecule has 6 heteroatoms. The van der Waals surface area contributed by atoms with E-state index in [0.717, 1.165) is 0 Å². The van der Waals surface area contributed by atoms with Crippen LogP contribution in [0.15, 0.2) is 21.7 Å². The first-order valence-corrected chi connectivity index (χ1v) is 6.78. The molecule has 2 heterocycles. The van der Waals surface area contributed by atoms with Gasteiger partial charge in [-0.15, -0.1) is 0 Å². The lowest BCUT2D eigenvalue weighted by molar-refractivity contribution is -0.144. The minimum absolute atomic E-state index is 0.220. The third-order valence-corrected chi connectivity index (χ3v) is 3.50. The van der Waals surface area contributed by atoms with Crippen LogP contribution >= 0.6 is 0 Å². The topological polar surface area (TPSA) is 72.6 Å². The maximum absolute atomic E-state index is 12.4. The van der Waals surface area contributed by atoms with E-state index in [1.807, 2.05) is 20.8 Å². The second kappa shape index (κ2) is 5.02. The Balaban J connectivity index is 2.39. The number of nitrogens with zero attached hydrogens (tertiary/aromatic N) is 2. The Kier molecular flexibility index (Phi) is 3.65. The largest absolute Gasteiger partial charge is 0.437 e. The maximum Gasteiger partial charge on any atom is 0.304 e. The molecule has 0 spiro atoms. The Morgan fingerprint density at radius 1 is 1.38 bits per heavy atom. The number of anilines is 1. The highest BCUT2D eigenvalue weighted by Gasteiger charge is 2.40. The van der Waals surface area contributed by atoms with Crippen LogP contribution in [0.3, 0.4) is 0 Å². The van der Waals surface area contributed by atoms with Crippen molar-refractivity contribution >= 4 is 17.7 Å². The van der Waals surface area contributed by atoms with Gasteiger partial charge in [-0.1, -0.05) is 25.9 Å². The van der Waals surface area contributed by atoms with Gasteiger partial charge in [0, 0.05) is 24.0 Å². The number of esters is 1. The fourth-order valence-electron chi connectivity index (χ4n) is 2.09. The third kappa shape index (κ3) is 2.70. The van der Waals surface area contributed by atoms with Crippen LogP contribution in [0.4, 0.5) is 5.82 Å². The lowest BCUT2D eigenvalue weighted by Crippen LogP contribution is -2.38. The predicted molar refractivity (Wildman–Crippen MR) is 76.6 cm³/mol. The number of rotatable bonds is 2. The molecule has 0 radical (unpaired) electrons. The van der Waals surface area contributed by atoms with Crippen molar-refractivity contribution < 1.29 is 18.8 Å². The van der Waals surface area contributed by atoms with Crippen LogP contribution in [-0.4, -0.2) is 23.3 Å². The van der Waals surface area contributed by atoms with E-state index in [2.05, 4.69) is 5.16 Å². The van der Waals surface area contributed by atoms with E-state index in [1.54, 1.807) is 19.9 Å². The highest BCUT2D eigenvalue weighted by Crippen LogP contribution is 2.33. The SMILES string of the molecule is CC(=O)OC1C(C)=C(C)C(=O)N1c1cc(C(C)(C)C)on1. The molecule has 0 fully saturated rings. The van der Waals surface area contributed by atoms with Crippen LogP contribution < -0.4 is 4.90 Å². The fourth-order valence-corrected chi connectivity index (χ4v) is 2.09. The van der Waals surface area contributed by atoms with Crippen molar-refractivity contribution in [3.05, 3.63) is 23.0 Å². The van der Waals surface area contributed by atoms with Gasteiger partial charge in [0.05, 0.1) is 0 Å². The van der Waals surface area contributed by atoms with E-state index in [1.165, 1.54) is 11.8 Å². The van der Waals surface area contributed by atoms with Gasteiger partial charge in [-0.3, -0.25) is 9.59 Å². The van der Waals surface area contributed by atoms with E-state index in [4.69, 9.17) is 9.26 Å².